The normalized spacial score (nSPS) is 10.8. The summed E-state index contributed by atoms with van der Waals surface area (Å²) < 4.78 is 1.04. The first-order valence-corrected chi connectivity index (χ1v) is 7.46. The van der Waals surface area contributed by atoms with Crippen LogP contribution >= 0.6 is 22.9 Å². The molecule has 106 valence electrons. The summed E-state index contributed by atoms with van der Waals surface area (Å²) in [7, 11) is 0. The third kappa shape index (κ3) is 2.70. The van der Waals surface area contributed by atoms with Gasteiger partial charge in [0.05, 0.1) is 20.9 Å². The monoisotopic (exact) mass is 317 g/mol. The number of fused-ring (bicyclic) bond motifs is 1. The molecule has 3 N–H and O–H groups in total. The van der Waals surface area contributed by atoms with Crippen molar-refractivity contribution in [2.24, 2.45) is 0 Å². The molecule has 3 rings (SSSR count). The Hall–Kier alpha value is -2.11. The van der Waals surface area contributed by atoms with E-state index in [1.807, 2.05) is 25.1 Å². The third-order valence-corrected chi connectivity index (χ3v) is 4.38. The van der Waals surface area contributed by atoms with E-state index in [4.69, 9.17) is 17.3 Å². The fourth-order valence-electron chi connectivity index (χ4n) is 1.99. The smallest absolute Gasteiger partial charge is 0.257 e. The summed E-state index contributed by atoms with van der Waals surface area (Å²) in [6.45, 7) is 1.99. The predicted molar refractivity (Wildman–Crippen MR) is 88.2 cm³/mol. The van der Waals surface area contributed by atoms with Crippen LogP contribution in [0.1, 0.15) is 15.9 Å². The number of nitrogen functional groups attached to an aromatic ring is 1. The lowest BCUT2D eigenvalue weighted by atomic mass is 10.2. The summed E-state index contributed by atoms with van der Waals surface area (Å²) in [4.78, 5) is 16.6. The van der Waals surface area contributed by atoms with Crippen LogP contribution in [0.25, 0.3) is 10.2 Å². The fourth-order valence-corrected chi connectivity index (χ4v) is 3.05. The van der Waals surface area contributed by atoms with E-state index in [2.05, 4.69) is 10.3 Å². The van der Waals surface area contributed by atoms with Crippen molar-refractivity contribution >= 4 is 49.9 Å². The Kier molecular flexibility index (Phi) is 3.53. The van der Waals surface area contributed by atoms with Gasteiger partial charge in [0.1, 0.15) is 0 Å². The largest absolute Gasteiger partial charge is 0.398 e. The van der Waals surface area contributed by atoms with E-state index < -0.39 is 0 Å². The van der Waals surface area contributed by atoms with Gasteiger partial charge < -0.3 is 5.73 Å². The van der Waals surface area contributed by atoms with E-state index in [0.29, 0.717) is 21.4 Å². The van der Waals surface area contributed by atoms with Gasteiger partial charge >= 0.3 is 0 Å². The highest BCUT2D eigenvalue weighted by Gasteiger charge is 2.11. The number of nitrogens with zero attached hydrogens (tertiary/aromatic N) is 1. The van der Waals surface area contributed by atoms with Crippen molar-refractivity contribution < 1.29 is 4.79 Å². The van der Waals surface area contributed by atoms with Gasteiger partial charge in [-0.25, -0.2) is 4.98 Å². The molecule has 3 aromatic rings. The molecule has 0 bridgehead atoms. The molecule has 0 saturated heterocycles. The molecular weight excluding hydrogens is 306 g/mol. The molecule has 6 heteroatoms. The number of rotatable bonds is 2. The quantitative estimate of drug-likeness (QED) is 0.699. The van der Waals surface area contributed by atoms with Crippen LogP contribution in [-0.2, 0) is 0 Å². The molecule has 1 amide bonds. The third-order valence-electron chi connectivity index (χ3n) is 3.10. The summed E-state index contributed by atoms with van der Waals surface area (Å²) in [5, 5.41) is 3.79. The summed E-state index contributed by atoms with van der Waals surface area (Å²) in [6.07, 6.45) is 0. The van der Waals surface area contributed by atoms with Crippen LogP contribution in [0.15, 0.2) is 36.4 Å². The minimum atomic E-state index is -0.255. The van der Waals surface area contributed by atoms with Crippen molar-refractivity contribution in [3.05, 3.63) is 52.5 Å². The molecule has 0 aliphatic carbocycles. The first-order chi connectivity index (χ1) is 10.0. The Balaban J connectivity index is 1.89. The van der Waals surface area contributed by atoms with Gasteiger partial charge in [0, 0.05) is 5.56 Å². The van der Waals surface area contributed by atoms with E-state index in [1.165, 1.54) is 11.3 Å². The zero-order chi connectivity index (χ0) is 15.0. The molecule has 0 fully saturated rings. The topological polar surface area (TPSA) is 68.0 Å². The number of para-hydroxylation sites is 1. The maximum atomic E-state index is 12.2. The van der Waals surface area contributed by atoms with Gasteiger partial charge in [0.15, 0.2) is 5.13 Å². The van der Waals surface area contributed by atoms with Crippen LogP contribution in [0.2, 0.25) is 5.02 Å². The summed E-state index contributed by atoms with van der Waals surface area (Å²) in [5.74, 6) is -0.255. The Labute approximate surface area is 130 Å². The van der Waals surface area contributed by atoms with Gasteiger partial charge in [-0.1, -0.05) is 35.1 Å². The van der Waals surface area contributed by atoms with Gasteiger partial charge in [-0.15, -0.1) is 0 Å². The molecule has 2 aromatic carbocycles. The van der Waals surface area contributed by atoms with Crippen molar-refractivity contribution in [1.29, 1.82) is 0 Å². The van der Waals surface area contributed by atoms with Crippen molar-refractivity contribution in [1.82, 2.24) is 4.98 Å². The van der Waals surface area contributed by atoms with Crippen molar-refractivity contribution in [2.75, 3.05) is 11.1 Å². The summed E-state index contributed by atoms with van der Waals surface area (Å²) >= 11 is 7.29. The number of hydrogen-bond acceptors (Lipinski definition) is 4. The molecule has 0 radical (unpaired) electrons. The molecule has 0 saturated carbocycles. The molecule has 21 heavy (non-hydrogen) atoms. The predicted octanol–water partition coefficient (Wildman–Crippen LogP) is 4.09. The van der Waals surface area contributed by atoms with E-state index in [0.717, 1.165) is 15.8 Å². The van der Waals surface area contributed by atoms with Gasteiger partial charge in [0.25, 0.3) is 5.91 Å². The highest BCUT2D eigenvalue weighted by atomic mass is 35.5. The Bertz CT molecular complexity index is 844. The van der Waals surface area contributed by atoms with E-state index in [9.17, 15) is 4.79 Å². The number of hydrogen-bond donors (Lipinski definition) is 2. The molecule has 0 unspecified atom stereocenters. The number of anilines is 2. The molecule has 0 spiro atoms. The molecule has 0 aliphatic rings. The number of thiazole rings is 1. The zero-order valence-corrected chi connectivity index (χ0v) is 12.8. The molecular formula is C15H12ClN3OS. The van der Waals surface area contributed by atoms with Crippen molar-refractivity contribution in [2.45, 2.75) is 6.92 Å². The molecule has 4 nitrogen and oxygen atoms in total. The van der Waals surface area contributed by atoms with E-state index >= 15 is 0 Å². The number of nitrogens with one attached hydrogen (secondary N) is 1. The lowest BCUT2D eigenvalue weighted by molar-refractivity contribution is 0.102. The van der Waals surface area contributed by atoms with Crippen LogP contribution in [-0.4, -0.2) is 10.9 Å². The Morgan fingerprint density at radius 2 is 2.14 bits per heavy atom. The molecule has 0 aliphatic heterocycles. The number of aromatic nitrogens is 1. The second kappa shape index (κ2) is 5.35. The number of halogens is 1. The maximum Gasteiger partial charge on any atom is 0.257 e. The van der Waals surface area contributed by atoms with Crippen molar-refractivity contribution in [3.63, 3.8) is 0 Å². The van der Waals surface area contributed by atoms with Crippen LogP contribution in [0.4, 0.5) is 10.8 Å². The summed E-state index contributed by atoms with van der Waals surface area (Å²) in [6, 6.07) is 10.7. The second-order valence-electron chi connectivity index (χ2n) is 4.63. The lowest BCUT2D eigenvalue weighted by Gasteiger charge is -2.03. The number of carbonyl (C=O) groups is 1. The van der Waals surface area contributed by atoms with E-state index in [1.54, 1.807) is 18.2 Å². The van der Waals surface area contributed by atoms with Gasteiger partial charge in [-0.3, -0.25) is 10.1 Å². The Morgan fingerprint density at radius 3 is 2.86 bits per heavy atom. The van der Waals surface area contributed by atoms with Crippen LogP contribution in [0, 0.1) is 6.92 Å². The standard InChI is InChI=1S/C15H12ClN3OS/c1-8-3-2-4-12-13(8)18-15(21-12)19-14(20)9-5-6-10(16)11(17)7-9/h2-7H,17H2,1H3,(H,18,19,20). The number of carbonyl (C=O) groups excluding carboxylic acids is 1. The van der Waals surface area contributed by atoms with Crippen LogP contribution in [0.5, 0.6) is 0 Å². The fraction of sp³-hybridized carbons (Fsp3) is 0.0667. The Morgan fingerprint density at radius 1 is 1.33 bits per heavy atom. The average molecular weight is 318 g/mol. The van der Waals surface area contributed by atoms with Gasteiger partial charge in [-0.2, -0.15) is 0 Å². The minimum absolute atomic E-state index is 0.255. The highest BCUT2D eigenvalue weighted by molar-refractivity contribution is 7.22. The van der Waals surface area contributed by atoms with Gasteiger partial charge in [-0.05, 0) is 36.8 Å². The number of amides is 1. The highest BCUT2D eigenvalue weighted by Crippen LogP contribution is 2.28. The minimum Gasteiger partial charge on any atom is -0.398 e. The van der Waals surface area contributed by atoms with Crippen LogP contribution < -0.4 is 11.1 Å². The van der Waals surface area contributed by atoms with Crippen LogP contribution in [0.3, 0.4) is 0 Å². The lowest BCUT2D eigenvalue weighted by Crippen LogP contribution is -2.11. The summed E-state index contributed by atoms with van der Waals surface area (Å²) in [5.41, 5.74) is 8.53. The van der Waals surface area contributed by atoms with Gasteiger partial charge in [0.2, 0.25) is 0 Å². The molecule has 1 heterocycles. The number of nitrogens with two attached hydrogens (primary N) is 1. The number of aryl methyl sites for hydroxylation is 1. The number of benzene rings is 2. The first kappa shape index (κ1) is 13.9. The first-order valence-electron chi connectivity index (χ1n) is 6.27. The van der Waals surface area contributed by atoms with E-state index in [-0.39, 0.29) is 5.91 Å². The maximum absolute atomic E-state index is 12.2. The average Bonchev–Trinajstić information content (AvgIpc) is 2.86. The molecule has 0 atom stereocenters. The zero-order valence-electron chi connectivity index (χ0n) is 11.2. The molecule has 1 aromatic heterocycles. The van der Waals surface area contributed by atoms with Crippen molar-refractivity contribution in [3.8, 4) is 0 Å². The SMILES string of the molecule is Cc1cccc2sc(NC(=O)c3ccc(Cl)c(N)c3)nc12. The second-order valence-corrected chi connectivity index (χ2v) is 6.07.